The van der Waals surface area contributed by atoms with Gasteiger partial charge in [-0.3, -0.25) is 0 Å². The van der Waals surface area contributed by atoms with Crippen molar-refractivity contribution in [2.24, 2.45) is 0 Å². The van der Waals surface area contributed by atoms with E-state index in [0.29, 0.717) is 0 Å². The summed E-state index contributed by atoms with van der Waals surface area (Å²) in [4.78, 5) is 11.1. The molecular formula is C14H7F2NO2S. The maximum atomic E-state index is 13.7. The summed E-state index contributed by atoms with van der Waals surface area (Å²) >= 11 is 0.810. The fraction of sp³-hybridized carbons (Fsp3) is 0. The Kier molecular flexibility index (Phi) is 4.01. The lowest BCUT2D eigenvalue weighted by Crippen LogP contribution is -1.97. The second kappa shape index (κ2) is 5.72. The van der Waals surface area contributed by atoms with E-state index in [-0.39, 0.29) is 20.9 Å². The van der Waals surface area contributed by atoms with Gasteiger partial charge in [0.25, 0.3) is 0 Å². The number of benzene rings is 2. The standard InChI is InChI=1S/C14H7F2NO2S/c15-10-2-1-3-12(9(10)7-17)20-13-6-8(14(18)19)4-5-11(13)16/h1-6H,(H,18,19). The van der Waals surface area contributed by atoms with Crippen LogP contribution in [0.1, 0.15) is 15.9 Å². The summed E-state index contributed by atoms with van der Waals surface area (Å²) in [6.07, 6.45) is 0. The van der Waals surface area contributed by atoms with E-state index in [1.165, 1.54) is 12.1 Å². The van der Waals surface area contributed by atoms with E-state index in [0.717, 1.165) is 36.0 Å². The Morgan fingerprint density at radius 3 is 2.55 bits per heavy atom. The van der Waals surface area contributed by atoms with Gasteiger partial charge in [-0.1, -0.05) is 17.8 Å². The zero-order valence-electron chi connectivity index (χ0n) is 9.93. The van der Waals surface area contributed by atoms with Crippen molar-refractivity contribution in [1.29, 1.82) is 5.26 Å². The van der Waals surface area contributed by atoms with Crippen LogP contribution in [0.15, 0.2) is 46.2 Å². The Balaban J connectivity index is 2.45. The molecule has 0 aliphatic carbocycles. The van der Waals surface area contributed by atoms with Crippen molar-refractivity contribution in [2.75, 3.05) is 0 Å². The lowest BCUT2D eigenvalue weighted by atomic mass is 10.2. The van der Waals surface area contributed by atoms with Gasteiger partial charge in [-0.2, -0.15) is 5.26 Å². The van der Waals surface area contributed by atoms with Crippen LogP contribution in [0.2, 0.25) is 0 Å². The van der Waals surface area contributed by atoms with Gasteiger partial charge in [-0.15, -0.1) is 0 Å². The summed E-state index contributed by atoms with van der Waals surface area (Å²) in [6.45, 7) is 0. The van der Waals surface area contributed by atoms with Gasteiger partial charge in [-0.05, 0) is 30.3 Å². The summed E-state index contributed by atoms with van der Waals surface area (Å²) in [7, 11) is 0. The molecule has 0 aromatic heterocycles. The van der Waals surface area contributed by atoms with E-state index >= 15 is 0 Å². The van der Waals surface area contributed by atoms with Gasteiger partial charge in [0.05, 0.1) is 5.56 Å². The molecule has 0 atom stereocenters. The number of carboxylic acids is 1. The normalized spacial score (nSPS) is 10.1. The van der Waals surface area contributed by atoms with Crippen LogP contribution < -0.4 is 0 Å². The van der Waals surface area contributed by atoms with Gasteiger partial charge in [0.15, 0.2) is 0 Å². The molecule has 0 radical (unpaired) electrons. The molecule has 6 heteroatoms. The number of nitriles is 1. The highest BCUT2D eigenvalue weighted by molar-refractivity contribution is 7.99. The molecule has 0 saturated carbocycles. The zero-order chi connectivity index (χ0) is 14.7. The summed E-state index contributed by atoms with van der Waals surface area (Å²) in [5, 5.41) is 17.8. The number of carboxylic acid groups (broad SMARTS) is 1. The summed E-state index contributed by atoms with van der Waals surface area (Å²) in [5.74, 6) is -2.52. The van der Waals surface area contributed by atoms with Crippen molar-refractivity contribution in [2.45, 2.75) is 9.79 Å². The average Bonchev–Trinajstić information content (AvgIpc) is 2.41. The van der Waals surface area contributed by atoms with Gasteiger partial charge in [0.2, 0.25) is 0 Å². The molecule has 0 saturated heterocycles. The van der Waals surface area contributed by atoms with Crippen LogP contribution in [0.4, 0.5) is 8.78 Å². The molecule has 20 heavy (non-hydrogen) atoms. The molecule has 3 nitrogen and oxygen atoms in total. The fourth-order valence-corrected chi connectivity index (χ4v) is 2.51. The zero-order valence-corrected chi connectivity index (χ0v) is 10.7. The minimum atomic E-state index is -1.19. The lowest BCUT2D eigenvalue weighted by Gasteiger charge is -2.06. The van der Waals surface area contributed by atoms with E-state index in [9.17, 15) is 13.6 Å². The first-order chi connectivity index (χ1) is 9.52. The maximum Gasteiger partial charge on any atom is 0.335 e. The molecule has 0 amide bonds. The first-order valence-electron chi connectivity index (χ1n) is 5.42. The second-order valence-corrected chi connectivity index (χ2v) is 4.86. The first kappa shape index (κ1) is 14.0. The Bertz CT molecular complexity index is 726. The molecule has 0 fully saturated rings. The number of nitrogens with zero attached hydrogens (tertiary/aromatic N) is 1. The Hall–Kier alpha value is -2.39. The van der Waals surface area contributed by atoms with Gasteiger partial charge >= 0.3 is 5.97 Å². The third kappa shape index (κ3) is 2.78. The molecule has 0 heterocycles. The molecule has 0 unspecified atom stereocenters. The summed E-state index contributed by atoms with van der Waals surface area (Å²) < 4.78 is 27.1. The maximum absolute atomic E-state index is 13.7. The van der Waals surface area contributed by atoms with Crippen LogP contribution in [0.25, 0.3) is 0 Å². The van der Waals surface area contributed by atoms with Crippen LogP contribution in [0, 0.1) is 23.0 Å². The van der Waals surface area contributed by atoms with Crippen molar-refractivity contribution < 1.29 is 18.7 Å². The predicted molar refractivity (Wildman–Crippen MR) is 68.6 cm³/mol. The second-order valence-electron chi connectivity index (χ2n) is 3.78. The molecule has 2 aromatic carbocycles. The summed E-state index contributed by atoms with van der Waals surface area (Å²) in [6, 6.07) is 9.02. The van der Waals surface area contributed by atoms with Crippen molar-refractivity contribution >= 4 is 17.7 Å². The smallest absolute Gasteiger partial charge is 0.335 e. The Morgan fingerprint density at radius 2 is 1.90 bits per heavy atom. The first-order valence-corrected chi connectivity index (χ1v) is 6.24. The SMILES string of the molecule is N#Cc1c(F)cccc1Sc1cc(C(=O)O)ccc1F. The number of hydrogen-bond donors (Lipinski definition) is 1. The van der Waals surface area contributed by atoms with Crippen molar-refractivity contribution in [3.63, 3.8) is 0 Å². The highest BCUT2D eigenvalue weighted by Crippen LogP contribution is 2.33. The van der Waals surface area contributed by atoms with E-state index in [1.807, 2.05) is 0 Å². The van der Waals surface area contributed by atoms with Crippen LogP contribution in [0.3, 0.4) is 0 Å². The fourth-order valence-electron chi connectivity index (χ4n) is 1.53. The minimum Gasteiger partial charge on any atom is -0.478 e. The molecule has 1 N–H and O–H groups in total. The largest absolute Gasteiger partial charge is 0.478 e. The van der Waals surface area contributed by atoms with E-state index in [2.05, 4.69) is 0 Å². The van der Waals surface area contributed by atoms with Gasteiger partial charge in [0, 0.05) is 9.79 Å². The monoisotopic (exact) mass is 291 g/mol. The summed E-state index contributed by atoms with van der Waals surface area (Å²) in [5.41, 5.74) is -0.276. The topological polar surface area (TPSA) is 61.1 Å². The number of rotatable bonds is 3. The average molecular weight is 291 g/mol. The third-order valence-electron chi connectivity index (χ3n) is 2.49. The van der Waals surface area contributed by atoms with Crippen molar-refractivity contribution in [3.05, 3.63) is 59.2 Å². The van der Waals surface area contributed by atoms with Crippen LogP contribution in [0.5, 0.6) is 0 Å². The highest BCUT2D eigenvalue weighted by Gasteiger charge is 2.13. The van der Waals surface area contributed by atoms with Gasteiger partial charge in [-0.25, -0.2) is 13.6 Å². The number of carbonyl (C=O) groups is 1. The molecule has 2 aromatic rings. The van der Waals surface area contributed by atoms with Crippen LogP contribution >= 0.6 is 11.8 Å². The number of aromatic carboxylic acids is 1. The minimum absolute atomic E-state index is 0.0204. The van der Waals surface area contributed by atoms with E-state index in [4.69, 9.17) is 10.4 Å². The van der Waals surface area contributed by atoms with Crippen molar-refractivity contribution in [3.8, 4) is 6.07 Å². The number of hydrogen-bond acceptors (Lipinski definition) is 3. The lowest BCUT2D eigenvalue weighted by molar-refractivity contribution is 0.0696. The van der Waals surface area contributed by atoms with Crippen LogP contribution in [-0.2, 0) is 0 Å². The molecular weight excluding hydrogens is 284 g/mol. The number of halogens is 2. The van der Waals surface area contributed by atoms with Gasteiger partial charge in [0.1, 0.15) is 23.3 Å². The Labute approximate surface area is 117 Å². The van der Waals surface area contributed by atoms with Crippen LogP contribution in [-0.4, -0.2) is 11.1 Å². The van der Waals surface area contributed by atoms with Gasteiger partial charge < -0.3 is 5.11 Å². The molecule has 100 valence electrons. The highest BCUT2D eigenvalue weighted by atomic mass is 32.2. The van der Waals surface area contributed by atoms with Crippen molar-refractivity contribution in [1.82, 2.24) is 0 Å². The van der Waals surface area contributed by atoms with E-state index in [1.54, 1.807) is 6.07 Å². The molecule has 2 rings (SSSR count). The molecule has 0 aliphatic rings. The molecule has 0 aliphatic heterocycles. The molecule has 0 bridgehead atoms. The molecule has 0 spiro atoms. The quantitative estimate of drug-likeness (QED) is 0.937. The van der Waals surface area contributed by atoms with E-state index < -0.39 is 17.6 Å². The Morgan fingerprint density at radius 1 is 1.15 bits per heavy atom. The predicted octanol–water partition coefficient (Wildman–Crippen LogP) is 3.69. The third-order valence-corrected chi connectivity index (χ3v) is 3.58.